The van der Waals surface area contributed by atoms with Crippen LogP contribution in [0.3, 0.4) is 0 Å². The van der Waals surface area contributed by atoms with Gasteiger partial charge in [0, 0.05) is 6.54 Å². The highest BCUT2D eigenvalue weighted by molar-refractivity contribution is 7.98. The number of hydrogen-bond donors (Lipinski definition) is 2. The van der Waals surface area contributed by atoms with Gasteiger partial charge in [-0.15, -0.1) is 0 Å². The summed E-state index contributed by atoms with van der Waals surface area (Å²) in [4.78, 5) is 11.3. The predicted octanol–water partition coefficient (Wildman–Crippen LogP) is 3.70. The van der Waals surface area contributed by atoms with E-state index in [4.69, 9.17) is 4.74 Å². The van der Waals surface area contributed by atoms with E-state index in [0.29, 0.717) is 25.3 Å². The zero-order valence-corrected chi connectivity index (χ0v) is 14.9. The average molecular weight is 363 g/mol. The van der Waals surface area contributed by atoms with Gasteiger partial charge in [-0.25, -0.2) is 4.39 Å². The van der Waals surface area contributed by atoms with Gasteiger partial charge in [-0.3, -0.25) is 4.79 Å². The van der Waals surface area contributed by atoms with Crippen molar-refractivity contribution < 1.29 is 19.0 Å². The maximum Gasteiger partial charge on any atom is 0.320 e. The lowest BCUT2D eigenvalue weighted by Gasteiger charge is -2.14. The summed E-state index contributed by atoms with van der Waals surface area (Å²) in [6, 6.07) is 13.1. The van der Waals surface area contributed by atoms with E-state index >= 15 is 0 Å². The standard InChI is InChI=1S/C19H22FNO3S/c1-25-10-9-18(19(22)23)21-12-15-3-2-4-17(11-15)24-13-14-5-7-16(20)8-6-14/h2-8,11,18,21H,9-10,12-13H2,1H3,(H,22,23)/t18-/m0/s1. The molecule has 0 aliphatic heterocycles. The molecule has 0 saturated carbocycles. The van der Waals surface area contributed by atoms with Crippen LogP contribution in [0, 0.1) is 5.82 Å². The van der Waals surface area contributed by atoms with Gasteiger partial charge in [0.1, 0.15) is 24.2 Å². The quantitative estimate of drug-likeness (QED) is 0.674. The van der Waals surface area contributed by atoms with E-state index in [1.807, 2.05) is 30.5 Å². The van der Waals surface area contributed by atoms with Gasteiger partial charge in [0.25, 0.3) is 0 Å². The van der Waals surface area contributed by atoms with E-state index < -0.39 is 12.0 Å². The van der Waals surface area contributed by atoms with E-state index in [-0.39, 0.29) is 5.82 Å². The molecule has 0 aromatic heterocycles. The van der Waals surface area contributed by atoms with Crippen molar-refractivity contribution in [3.05, 3.63) is 65.5 Å². The number of halogens is 1. The molecule has 0 aliphatic carbocycles. The van der Waals surface area contributed by atoms with Crippen LogP contribution < -0.4 is 10.1 Å². The Bertz CT molecular complexity index is 679. The number of carboxylic acids is 1. The second-order valence-corrected chi connectivity index (χ2v) is 6.60. The van der Waals surface area contributed by atoms with Gasteiger partial charge in [0.2, 0.25) is 0 Å². The zero-order valence-electron chi connectivity index (χ0n) is 14.1. The van der Waals surface area contributed by atoms with E-state index in [2.05, 4.69) is 5.32 Å². The number of hydrogen-bond acceptors (Lipinski definition) is 4. The number of carboxylic acid groups (broad SMARTS) is 1. The van der Waals surface area contributed by atoms with Crippen LogP contribution in [0.2, 0.25) is 0 Å². The minimum atomic E-state index is -0.835. The van der Waals surface area contributed by atoms with Crippen LogP contribution in [0.4, 0.5) is 4.39 Å². The second-order valence-electron chi connectivity index (χ2n) is 5.62. The predicted molar refractivity (Wildman–Crippen MR) is 98.4 cm³/mol. The highest BCUT2D eigenvalue weighted by Crippen LogP contribution is 2.16. The average Bonchev–Trinajstić information content (AvgIpc) is 2.61. The third-order valence-corrected chi connectivity index (χ3v) is 4.32. The molecule has 134 valence electrons. The van der Waals surface area contributed by atoms with Gasteiger partial charge in [-0.2, -0.15) is 11.8 Å². The second kappa shape index (κ2) is 10.1. The molecular weight excluding hydrogens is 341 g/mol. The number of aliphatic carboxylic acids is 1. The number of ether oxygens (including phenoxy) is 1. The summed E-state index contributed by atoms with van der Waals surface area (Å²) in [7, 11) is 0. The Hall–Kier alpha value is -2.05. The Labute approximate surface area is 151 Å². The van der Waals surface area contributed by atoms with Crippen molar-refractivity contribution in [3.63, 3.8) is 0 Å². The van der Waals surface area contributed by atoms with Gasteiger partial charge in [-0.05, 0) is 53.8 Å². The van der Waals surface area contributed by atoms with Gasteiger partial charge in [-0.1, -0.05) is 24.3 Å². The van der Waals surface area contributed by atoms with Crippen molar-refractivity contribution in [1.29, 1.82) is 0 Å². The van der Waals surface area contributed by atoms with Crippen molar-refractivity contribution >= 4 is 17.7 Å². The third-order valence-electron chi connectivity index (χ3n) is 3.68. The van der Waals surface area contributed by atoms with Crippen molar-refractivity contribution in [2.45, 2.75) is 25.6 Å². The molecule has 0 unspecified atom stereocenters. The highest BCUT2D eigenvalue weighted by atomic mass is 32.2. The lowest BCUT2D eigenvalue weighted by atomic mass is 10.1. The van der Waals surface area contributed by atoms with Gasteiger partial charge < -0.3 is 15.2 Å². The molecule has 0 saturated heterocycles. The largest absolute Gasteiger partial charge is 0.489 e. The fraction of sp³-hybridized carbons (Fsp3) is 0.316. The molecule has 0 spiro atoms. The number of nitrogens with one attached hydrogen (secondary N) is 1. The molecule has 2 rings (SSSR count). The van der Waals surface area contributed by atoms with Crippen LogP contribution in [0.5, 0.6) is 5.75 Å². The van der Waals surface area contributed by atoms with Gasteiger partial charge in [0.15, 0.2) is 0 Å². The summed E-state index contributed by atoms with van der Waals surface area (Å²) in [5.41, 5.74) is 1.83. The summed E-state index contributed by atoms with van der Waals surface area (Å²) in [6.45, 7) is 0.807. The van der Waals surface area contributed by atoms with Crippen molar-refractivity contribution in [1.82, 2.24) is 5.32 Å². The zero-order chi connectivity index (χ0) is 18.1. The van der Waals surface area contributed by atoms with Crippen LogP contribution in [0.15, 0.2) is 48.5 Å². The molecule has 25 heavy (non-hydrogen) atoms. The number of thioether (sulfide) groups is 1. The van der Waals surface area contributed by atoms with Crippen LogP contribution in [0.25, 0.3) is 0 Å². The Morgan fingerprint density at radius 1 is 1.24 bits per heavy atom. The molecule has 0 aliphatic rings. The molecule has 0 amide bonds. The van der Waals surface area contributed by atoms with Gasteiger partial charge >= 0.3 is 5.97 Å². The first-order valence-corrected chi connectivity index (χ1v) is 9.39. The first kappa shape index (κ1) is 19.3. The normalized spacial score (nSPS) is 11.9. The number of benzene rings is 2. The summed E-state index contributed by atoms with van der Waals surface area (Å²) in [5.74, 6) is 0.383. The van der Waals surface area contributed by atoms with Crippen molar-refractivity contribution in [2.24, 2.45) is 0 Å². The van der Waals surface area contributed by atoms with Crippen LogP contribution in [-0.4, -0.2) is 29.1 Å². The third kappa shape index (κ3) is 6.76. The Morgan fingerprint density at radius 2 is 2.00 bits per heavy atom. The number of carbonyl (C=O) groups is 1. The van der Waals surface area contributed by atoms with Crippen LogP contribution >= 0.6 is 11.8 Å². The monoisotopic (exact) mass is 363 g/mol. The van der Waals surface area contributed by atoms with E-state index in [0.717, 1.165) is 16.9 Å². The molecule has 1 atom stereocenters. The molecule has 2 N–H and O–H groups in total. The minimum Gasteiger partial charge on any atom is -0.489 e. The molecule has 0 radical (unpaired) electrons. The molecule has 0 bridgehead atoms. The topological polar surface area (TPSA) is 58.6 Å². The summed E-state index contributed by atoms with van der Waals surface area (Å²) in [6.07, 6.45) is 2.54. The first-order chi connectivity index (χ1) is 12.1. The van der Waals surface area contributed by atoms with Gasteiger partial charge in [0.05, 0.1) is 0 Å². The highest BCUT2D eigenvalue weighted by Gasteiger charge is 2.15. The molecule has 6 heteroatoms. The van der Waals surface area contributed by atoms with E-state index in [1.54, 1.807) is 23.9 Å². The Kier molecular flexibility index (Phi) is 7.76. The maximum absolute atomic E-state index is 12.9. The lowest BCUT2D eigenvalue weighted by molar-refractivity contribution is -0.139. The molecule has 0 heterocycles. The Balaban J connectivity index is 1.89. The summed E-state index contributed by atoms with van der Waals surface area (Å²) >= 11 is 1.63. The smallest absolute Gasteiger partial charge is 0.320 e. The fourth-order valence-corrected chi connectivity index (χ4v) is 2.75. The SMILES string of the molecule is CSCC[C@H](NCc1cccc(OCc2ccc(F)cc2)c1)C(=O)O. The molecule has 2 aromatic carbocycles. The van der Waals surface area contributed by atoms with E-state index in [9.17, 15) is 14.3 Å². The molecule has 2 aromatic rings. The Morgan fingerprint density at radius 3 is 2.68 bits per heavy atom. The maximum atomic E-state index is 12.9. The van der Waals surface area contributed by atoms with Crippen LogP contribution in [-0.2, 0) is 17.9 Å². The molecule has 0 fully saturated rings. The van der Waals surface area contributed by atoms with Crippen molar-refractivity contribution in [3.8, 4) is 5.75 Å². The van der Waals surface area contributed by atoms with E-state index in [1.165, 1.54) is 12.1 Å². The van der Waals surface area contributed by atoms with Crippen LogP contribution in [0.1, 0.15) is 17.5 Å². The summed E-state index contributed by atoms with van der Waals surface area (Å²) in [5, 5.41) is 12.3. The molecular formula is C19H22FNO3S. The minimum absolute atomic E-state index is 0.272. The number of rotatable bonds is 10. The first-order valence-electron chi connectivity index (χ1n) is 8.00. The molecule has 4 nitrogen and oxygen atoms in total. The van der Waals surface area contributed by atoms with Crippen molar-refractivity contribution in [2.75, 3.05) is 12.0 Å². The fourth-order valence-electron chi connectivity index (χ4n) is 2.28. The lowest BCUT2D eigenvalue weighted by Crippen LogP contribution is -2.36. The summed E-state index contributed by atoms with van der Waals surface area (Å²) < 4.78 is 18.6.